The van der Waals surface area contributed by atoms with Gasteiger partial charge in [-0.25, -0.2) is 0 Å². The normalized spacial score (nSPS) is 10.9. The Kier molecular flexibility index (Phi) is 29.4. The maximum atomic E-state index is 2.47. The third kappa shape index (κ3) is 18.0. The molecule has 4 aromatic carbocycles. The zero-order valence-corrected chi connectivity index (χ0v) is 35.1. The van der Waals surface area contributed by atoms with Gasteiger partial charge in [-0.05, 0) is 50.3 Å². The van der Waals surface area contributed by atoms with Crippen molar-refractivity contribution in [1.82, 2.24) is 0 Å². The molecule has 0 N–H and O–H groups in total. The summed E-state index contributed by atoms with van der Waals surface area (Å²) >= 11 is 0. The van der Waals surface area contributed by atoms with Crippen molar-refractivity contribution in [2.75, 3.05) is 24.6 Å². The van der Waals surface area contributed by atoms with E-state index in [4.69, 9.17) is 0 Å². The zero-order valence-electron chi connectivity index (χ0n) is 30.2. The Bertz CT molecular complexity index is 1080. The van der Waals surface area contributed by atoms with Crippen LogP contribution in [0.25, 0.3) is 21.5 Å². The third-order valence-corrected chi connectivity index (χ3v) is 14.5. The summed E-state index contributed by atoms with van der Waals surface area (Å²) in [6.45, 7) is 9.21. The predicted octanol–water partition coefficient (Wildman–Crippen LogP) is 7.66. The number of benzene rings is 2. The second-order valence-electron chi connectivity index (χ2n) is 12.9. The van der Waals surface area contributed by atoms with Gasteiger partial charge in [0, 0.05) is 0 Å². The Morgan fingerprint density at radius 2 is 0.723 bits per heavy atom. The van der Waals surface area contributed by atoms with Gasteiger partial charge < -0.3 is 24.8 Å². The van der Waals surface area contributed by atoms with Gasteiger partial charge in [-0.1, -0.05) is 133 Å². The smallest absolute Gasteiger partial charge is 1.00 e. The fourth-order valence-electron chi connectivity index (χ4n) is 6.29. The monoisotopic (exact) mass is 748 g/mol. The maximum absolute atomic E-state index is 2.47. The minimum absolute atomic E-state index is 0. The summed E-state index contributed by atoms with van der Waals surface area (Å²) in [5.41, 5.74) is 0. The van der Waals surface area contributed by atoms with Gasteiger partial charge in [0.15, 0.2) is 0 Å². The molecule has 0 saturated heterocycles. The van der Waals surface area contributed by atoms with Gasteiger partial charge in [0.25, 0.3) is 0 Å². The van der Waals surface area contributed by atoms with E-state index in [0.717, 1.165) is 0 Å². The first-order valence-corrected chi connectivity index (χ1v) is 21.9. The molecule has 0 heterocycles. The van der Waals surface area contributed by atoms with Crippen LogP contribution in [0.3, 0.4) is 0 Å². The Balaban J connectivity index is 0.000000846. The molecule has 260 valence electrons. The fraction of sp³-hybridized carbons (Fsp3) is 0.571. The first kappa shape index (κ1) is 46.8. The molecular formula is C42H64Cl2P2Ti. The summed E-state index contributed by atoms with van der Waals surface area (Å²) in [6, 6.07) is 27.6. The van der Waals surface area contributed by atoms with Crippen molar-refractivity contribution in [3.63, 3.8) is 0 Å². The largest absolute Gasteiger partial charge is 4.00 e. The molecule has 4 aromatic rings. The number of hydrogen-bond acceptors (Lipinski definition) is 0. The predicted molar refractivity (Wildman–Crippen MR) is 208 cm³/mol. The van der Waals surface area contributed by atoms with Crippen LogP contribution in [-0.4, -0.2) is 24.6 Å². The van der Waals surface area contributed by atoms with Crippen molar-refractivity contribution in [1.29, 1.82) is 0 Å². The summed E-state index contributed by atoms with van der Waals surface area (Å²) in [5.74, 6) is 0. The van der Waals surface area contributed by atoms with Crippen LogP contribution in [0.15, 0.2) is 72.8 Å². The average molecular weight is 750 g/mol. The number of unbranched alkanes of at least 4 members (excludes halogenated alkanes) is 12. The number of fused-ring (bicyclic) bond motifs is 2. The molecule has 0 nitrogen and oxygen atoms in total. The second-order valence-corrected chi connectivity index (χ2v) is 17.9. The van der Waals surface area contributed by atoms with Crippen LogP contribution in [0.4, 0.5) is 0 Å². The van der Waals surface area contributed by atoms with Gasteiger partial charge >= 0.3 is 21.7 Å². The maximum Gasteiger partial charge on any atom is 4.00 e. The summed E-state index contributed by atoms with van der Waals surface area (Å²) < 4.78 is 0. The Morgan fingerprint density at radius 3 is 1.00 bits per heavy atom. The standard InChI is InChI=1S/2C21H32P.2ClH.Ti/c2*1-3-5-7-11-15-22(16-12-8-6-4-2)21-17-19-13-9-10-14-20(19)18-21;;;/h2*9-10,13-14,17-18H,3-8,11-12,15-16H2,1-2H3;2*1H;/q2*-1;;;+4/p-2. The molecule has 0 aliphatic carbocycles. The van der Waals surface area contributed by atoms with Crippen LogP contribution in [0.1, 0.15) is 130 Å². The molecule has 5 heteroatoms. The van der Waals surface area contributed by atoms with E-state index in [1.165, 1.54) is 149 Å². The molecule has 0 aliphatic rings. The summed E-state index contributed by atoms with van der Waals surface area (Å²) in [5, 5.41) is 9.06. The topological polar surface area (TPSA) is 0 Å². The van der Waals surface area contributed by atoms with E-state index in [2.05, 4.69) is 100 Å². The van der Waals surface area contributed by atoms with Crippen molar-refractivity contribution in [3.8, 4) is 0 Å². The van der Waals surface area contributed by atoms with Gasteiger partial charge in [0.1, 0.15) is 0 Å². The van der Waals surface area contributed by atoms with Crippen LogP contribution in [0, 0.1) is 0 Å². The van der Waals surface area contributed by atoms with E-state index in [0.29, 0.717) is 0 Å². The van der Waals surface area contributed by atoms with E-state index in [1.54, 1.807) is 10.6 Å². The average Bonchev–Trinajstić information content (AvgIpc) is 3.68. The van der Waals surface area contributed by atoms with Crippen molar-refractivity contribution in [2.24, 2.45) is 0 Å². The summed E-state index contributed by atoms with van der Waals surface area (Å²) in [6.07, 6.45) is 28.1. The second kappa shape index (κ2) is 29.5. The minimum atomic E-state index is 0. The van der Waals surface area contributed by atoms with Crippen LogP contribution in [0.5, 0.6) is 0 Å². The minimum Gasteiger partial charge on any atom is -1.00 e. The number of rotatable bonds is 22. The Morgan fingerprint density at radius 1 is 0.426 bits per heavy atom. The van der Waals surface area contributed by atoms with Gasteiger partial charge in [-0.15, -0.1) is 80.7 Å². The van der Waals surface area contributed by atoms with E-state index >= 15 is 0 Å². The molecule has 0 spiro atoms. The Labute approximate surface area is 320 Å². The SMILES string of the molecule is CCCCCCP(CCCCCC)c1cc2ccccc2[cH-]1.CCCCCCP(CCCCCC)c1cc2ccccc2[cH-]1.[Cl-].[Cl-].[Ti+4]. The molecule has 0 radical (unpaired) electrons. The molecule has 0 amide bonds. The third-order valence-electron chi connectivity index (χ3n) is 9.06. The Hall–Kier alpha value is -0.186. The first-order valence-electron chi connectivity index (χ1n) is 18.5. The zero-order chi connectivity index (χ0) is 31.2. The van der Waals surface area contributed by atoms with E-state index in [9.17, 15) is 0 Å². The molecule has 0 aromatic heterocycles. The van der Waals surface area contributed by atoms with Crippen molar-refractivity contribution in [2.45, 2.75) is 130 Å². The van der Waals surface area contributed by atoms with Crippen LogP contribution < -0.4 is 35.4 Å². The fourth-order valence-corrected chi connectivity index (χ4v) is 11.5. The van der Waals surface area contributed by atoms with Gasteiger partial charge in [-0.3, -0.25) is 0 Å². The van der Waals surface area contributed by atoms with E-state index in [1.807, 2.05) is 0 Å². The van der Waals surface area contributed by atoms with Crippen LogP contribution in [-0.2, 0) is 21.7 Å². The molecule has 0 aliphatic heterocycles. The van der Waals surface area contributed by atoms with Crippen molar-refractivity contribution < 1.29 is 46.5 Å². The van der Waals surface area contributed by atoms with Gasteiger partial charge in [0.05, 0.1) is 0 Å². The molecule has 0 saturated carbocycles. The molecular weight excluding hydrogens is 685 g/mol. The number of halogens is 2. The van der Waals surface area contributed by atoms with Crippen LogP contribution >= 0.6 is 15.8 Å². The van der Waals surface area contributed by atoms with E-state index in [-0.39, 0.29) is 62.4 Å². The summed E-state index contributed by atoms with van der Waals surface area (Å²) in [4.78, 5) is 0. The molecule has 0 atom stereocenters. The van der Waals surface area contributed by atoms with Crippen LogP contribution in [0.2, 0.25) is 0 Å². The van der Waals surface area contributed by atoms with Gasteiger partial charge in [-0.2, -0.15) is 12.1 Å². The van der Waals surface area contributed by atoms with Crippen molar-refractivity contribution in [3.05, 3.63) is 72.8 Å². The van der Waals surface area contributed by atoms with Gasteiger partial charge in [0.2, 0.25) is 0 Å². The first-order chi connectivity index (χ1) is 21.7. The molecule has 47 heavy (non-hydrogen) atoms. The van der Waals surface area contributed by atoms with E-state index < -0.39 is 0 Å². The quantitative estimate of drug-likeness (QED) is 0.0336. The molecule has 0 unspecified atom stereocenters. The summed E-state index contributed by atoms with van der Waals surface area (Å²) in [7, 11) is 0.128. The van der Waals surface area contributed by atoms with Crippen molar-refractivity contribution >= 4 is 48.0 Å². The molecule has 0 bridgehead atoms. The molecule has 0 fully saturated rings. The number of hydrogen-bond donors (Lipinski definition) is 0. The molecule has 4 rings (SSSR count).